The van der Waals surface area contributed by atoms with Crippen molar-refractivity contribution < 1.29 is 19.2 Å². The molecule has 0 radical (unpaired) electrons. The first-order chi connectivity index (χ1) is 19.8. The van der Waals surface area contributed by atoms with Crippen LogP contribution < -0.4 is 19.9 Å². The Balaban J connectivity index is 1.51. The van der Waals surface area contributed by atoms with E-state index in [0.29, 0.717) is 29.9 Å². The van der Waals surface area contributed by atoms with E-state index in [9.17, 15) is 19.7 Å². The number of carbonyl (C=O) groups is 2. The average Bonchev–Trinajstić information content (AvgIpc) is 3.01. The summed E-state index contributed by atoms with van der Waals surface area (Å²) in [5.74, 6) is 0.374. The number of amides is 2. The normalized spacial score (nSPS) is 13.2. The molecule has 0 bridgehead atoms. The standard InChI is InChI=1S/C31H35N5O5/c1-4-33(5-2)31(38)26-22-24(32-30(37)17-12-23-10-14-25(15-11-23)36(39)40)13-16-27(26)34-18-20-35(21-19-34)28-8-6-7-9-29(28)41-3/h6-17,22H,4-5,18-21H2,1-3H3,(H,32,37)/b17-12+. The molecule has 1 aliphatic rings. The molecule has 3 aromatic carbocycles. The van der Waals surface area contributed by atoms with E-state index in [1.165, 1.54) is 18.2 Å². The predicted octanol–water partition coefficient (Wildman–Crippen LogP) is 5.06. The summed E-state index contributed by atoms with van der Waals surface area (Å²) in [5.41, 5.74) is 3.57. The van der Waals surface area contributed by atoms with Gasteiger partial charge in [0.25, 0.3) is 11.6 Å². The van der Waals surface area contributed by atoms with Crippen LogP contribution in [0.15, 0.2) is 72.8 Å². The number of hydrogen-bond acceptors (Lipinski definition) is 7. The third kappa shape index (κ3) is 7.02. The van der Waals surface area contributed by atoms with Gasteiger partial charge in [-0.3, -0.25) is 19.7 Å². The Labute approximate surface area is 240 Å². The molecule has 10 nitrogen and oxygen atoms in total. The van der Waals surface area contributed by atoms with Gasteiger partial charge in [-0.2, -0.15) is 0 Å². The number of non-ortho nitro benzene ring substituents is 1. The Morgan fingerprint density at radius 3 is 2.20 bits per heavy atom. The molecule has 0 atom stereocenters. The van der Waals surface area contributed by atoms with Crippen molar-refractivity contribution in [2.45, 2.75) is 13.8 Å². The van der Waals surface area contributed by atoms with Crippen molar-refractivity contribution in [3.63, 3.8) is 0 Å². The van der Waals surface area contributed by atoms with Crippen LogP contribution in [-0.4, -0.2) is 68.0 Å². The molecule has 0 aliphatic carbocycles. The van der Waals surface area contributed by atoms with Crippen LogP contribution in [0.2, 0.25) is 0 Å². The van der Waals surface area contributed by atoms with Crippen molar-refractivity contribution in [2.75, 3.05) is 61.5 Å². The predicted molar refractivity (Wildman–Crippen MR) is 162 cm³/mol. The van der Waals surface area contributed by atoms with E-state index in [4.69, 9.17) is 4.74 Å². The Kier molecular flexibility index (Phi) is 9.57. The number of nitrogens with one attached hydrogen (secondary N) is 1. The zero-order chi connectivity index (χ0) is 29.4. The van der Waals surface area contributed by atoms with Crippen molar-refractivity contribution in [1.29, 1.82) is 0 Å². The first kappa shape index (κ1) is 29.1. The fourth-order valence-electron chi connectivity index (χ4n) is 4.88. The first-order valence-corrected chi connectivity index (χ1v) is 13.6. The monoisotopic (exact) mass is 557 g/mol. The van der Waals surface area contributed by atoms with E-state index < -0.39 is 4.92 Å². The lowest BCUT2D eigenvalue weighted by atomic mass is 10.1. The van der Waals surface area contributed by atoms with Crippen molar-refractivity contribution in [3.8, 4) is 5.75 Å². The van der Waals surface area contributed by atoms with E-state index >= 15 is 0 Å². The highest BCUT2D eigenvalue weighted by Crippen LogP contribution is 2.31. The quantitative estimate of drug-likeness (QED) is 0.211. The second-order valence-corrected chi connectivity index (χ2v) is 9.53. The summed E-state index contributed by atoms with van der Waals surface area (Å²) in [6, 6.07) is 19.3. The maximum atomic E-state index is 13.6. The molecule has 1 saturated heterocycles. The van der Waals surface area contributed by atoms with Gasteiger partial charge in [0, 0.05) is 68.9 Å². The summed E-state index contributed by atoms with van der Waals surface area (Å²) in [7, 11) is 1.67. The van der Waals surface area contributed by atoms with Crippen LogP contribution in [0.3, 0.4) is 0 Å². The van der Waals surface area contributed by atoms with Gasteiger partial charge in [-0.05, 0) is 68.0 Å². The number of nitrogens with zero attached hydrogens (tertiary/aromatic N) is 4. The van der Waals surface area contributed by atoms with Crippen LogP contribution in [0.4, 0.5) is 22.7 Å². The molecule has 1 N–H and O–H groups in total. The third-order valence-electron chi connectivity index (χ3n) is 7.12. The van der Waals surface area contributed by atoms with Gasteiger partial charge >= 0.3 is 0 Å². The van der Waals surface area contributed by atoms with E-state index in [2.05, 4.69) is 21.2 Å². The van der Waals surface area contributed by atoms with E-state index in [0.717, 1.165) is 43.3 Å². The van der Waals surface area contributed by atoms with Crippen molar-refractivity contribution in [1.82, 2.24) is 4.90 Å². The van der Waals surface area contributed by atoms with Gasteiger partial charge in [0.05, 0.1) is 23.3 Å². The fourth-order valence-corrected chi connectivity index (χ4v) is 4.88. The molecule has 2 amide bonds. The van der Waals surface area contributed by atoms with Crippen LogP contribution in [0.1, 0.15) is 29.8 Å². The second kappa shape index (κ2) is 13.5. The van der Waals surface area contributed by atoms with Gasteiger partial charge in [0.2, 0.25) is 5.91 Å². The Morgan fingerprint density at radius 2 is 1.59 bits per heavy atom. The van der Waals surface area contributed by atoms with Gasteiger partial charge in [0.1, 0.15) is 5.75 Å². The number of benzene rings is 3. The number of nitro benzene ring substituents is 1. The minimum atomic E-state index is -0.471. The van der Waals surface area contributed by atoms with Crippen LogP contribution in [0.25, 0.3) is 6.08 Å². The topological polar surface area (TPSA) is 108 Å². The molecule has 0 saturated carbocycles. The molecular formula is C31H35N5O5. The number of rotatable bonds is 10. The summed E-state index contributed by atoms with van der Waals surface area (Å²) in [6.45, 7) is 8.02. The minimum absolute atomic E-state index is 0.0155. The van der Waals surface area contributed by atoms with Crippen molar-refractivity contribution in [2.24, 2.45) is 0 Å². The summed E-state index contributed by atoms with van der Waals surface area (Å²) >= 11 is 0. The van der Waals surface area contributed by atoms with Gasteiger partial charge in [-0.25, -0.2) is 0 Å². The number of anilines is 3. The average molecular weight is 558 g/mol. The van der Waals surface area contributed by atoms with Gasteiger partial charge < -0.3 is 24.8 Å². The largest absolute Gasteiger partial charge is 0.495 e. The van der Waals surface area contributed by atoms with Crippen molar-refractivity contribution >= 4 is 40.6 Å². The molecule has 4 rings (SSSR count). The van der Waals surface area contributed by atoms with E-state index in [1.54, 1.807) is 42.4 Å². The van der Waals surface area contributed by atoms with Crippen LogP contribution in [0, 0.1) is 10.1 Å². The lowest BCUT2D eigenvalue weighted by molar-refractivity contribution is -0.384. The Morgan fingerprint density at radius 1 is 0.951 bits per heavy atom. The molecule has 41 heavy (non-hydrogen) atoms. The number of carbonyl (C=O) groups excluding carboxylic acids is 2. The SMILES string of the molecule is CCN(CC)C(=O)c1cc(NC(=O)/C=C/c2ccc([N+](=O)[O-])cc2)ccc1N1CCN(c2ccccc2OC)CC1. The summed E-state index contributed by atoms with van der Waals surface area (Å²) in [4.78, 5) is 42.9. The number of para-hydroxylation sites is 2. The molecule has 0 unspecified atom stereocenters. The summed E-state index contributed by atoms with van der Waals surface area (Å²) in [5, 5.41) is 13.7. The zero-order valence-electron chi connectivity index (χ0n) is 23.6. The van der Waals surface area contributed by atoms with E-state index in [1.807, 2.05) is 38.1 Å². The maximum Gasteiger partial charge on any atom is 0.269 e. The third-order valence-corrected chi connectivity index (χ3v) is 7.12. The molecule has 0 spiro atoms. The Bertz CT molecular complexity index is 1410. The van der Waals surface area contributed by atoms with Crippen molar-refractivity contribution in [3.05, 3.63) is 94.0 Å². The molecule has 3 aromatic rings. The van der Waals surface area contributed by atoms with Gasteiger partial charge in [0.15, 0.2) is 0 Å². The molecular weight excluding hydrogens is 522 g/mol. The number of methoxy groups -OCH3 is 1. The number of hydrogen-bond donors (Lipinski definition) is 1. The number of ether oxygens (including phenoxy) is 1. The smallest absolute Gasteiger partial charge is 0.269 e. The van der Waals surface area contributed by atoms with Crippen LogP contribution >= 0.6 is 0 Å². The highest BCUT2D eigenvalue weighted by atomic mass is 16.6. The first-order valence-electron chi connectivity index (χ1n) is 13.6. The number of piperazine rings is 1. The van der Waals surface area contributed by atoms with Gasteiger partial charge in [-0.15, -0.1) is 0 Å². The van der Waals surface area contributed by atoms with Crippen LogP contribution in [0.5, 0.6) is 5.75 Å². The van der Waals surface area contributed by atoms with E-state index in [-0.39, 0.29) is 17.5 Å². The lowest BCUT2D eigenvalue weighted by Crippen LogP contribution is -2.47. The minimum Gasteiger partial charge on any atom is -0.495 e. The highest BCUT2D eigenvalue weighted by Gasteiger charge is 2.25. The molecule has 1 heterocycles. The second-order valence-electron chi connectivity index (χ2n) is 9.53. The van der Waals surface area contributed by atoms with Crippen LogP contribution in [-0.2, 0) is 4.79 Å². The highest BCUT2D eigenvalue weighted by molar-refractivity contribution is 6.05. The molecule has 10 heteroatoms. The summed E-state index contributed by atoms with van der Waals surface area (Å²) < 4.78 is 5.54. The molecule has 0 aromatic heterocycles. The molecule has 214 valence electrons. The molecule has 1 fully saturated rings. The summed E-state index contributed by atoms with van der Waals surface area (Å²) in [6.07, 6.45) is 2.94. The fraction of sp³-hybridized carbons (Fsp3) is 0.290. The molecule has 1 aliphatic heterocycles. The van der Waals surface area contributed by atoms with Gasteiger partial charge in [-0.1, -0.05) is 12.1 Å². The number of nitro groups is 1. The Hall–Kier alpha value is -4.86. The maximum absolute atomic E-state index is 13.6. The lowest BCUT2D eigenvalue weighted by Gasteiger charge is -2.38. The zero-order valence-corrected chi connectivity index (χ0v) is 23.6.